The van der Waals surface area contributed by atoms with Crippen molar-refractivity contribution < 1.29 is 0 Å². The number of hydrogen-bond acceptors (Lipinski definition) is 3. The molecule has 0 saturated carbocycles. The first kappa shape index (κ1) is 10.6. The molecular weight excluding hydrogens is 188 g/mol. The quantitative estimate of drug-likeness (QED) is 0.773. The average molecular weight is 208 g/mol. The van der Waals surface area contributed by atoms with Gasteiger partial charge in [0.15, 0.2) is 0 Å². The van der Waals surface area contributed by atoms with Gasteiger partial charge in [0.2, 0.25) is 0 Å². The van der Waals surface area contributed by atoms with Gasteiger partial charge in [-0.15, -0.1) is 0 Å². The number of aromatic nitrogens is 2. The summed E-state index contributed by atoms with van der Waals surface area (Å²) in [5.41, 5.74) is 1.32. The van der Waals surface area contributed by atoms with Crippen molar-refractivity contribution in [2.75, 3.05) is 19.6 Å². The van der Waals surface area contributed by atoms with Gasteiger partial charge in [-0.25, -0.2) is 0 Å². The van der Waals surface area contributed by atoms with Gasteiger partial charge in [0.1, 0.15) is 0 Å². The highest BCUT2D eigenvalue weighted by atomic mass is 15.3. The molecule has 15 heavy (non-hydrogen) atoms. The molecule has 0 unspecified atom stereocenters. The van der Waals surface area contributed by atoms with Crippen LogP contribution in [0.1, 0.15) is 19.4 Å². The highest BCUT2D eigenvalue weighted by Gasteiger charge is 2.23. The van der Waals surface area contributed by atoms with Crippen LogP contribution in [0.5, 0.6) is 0 Å². The minimum absolute atomic E-state index is 0.722. The molecule has 0 aromatic carbocycles. The number of likely N-dealkylation sites (N-methyl/N-ethyl adjacent to an activating group) is 1. The smallest absolute Gasteiger partial charge is 0.0534 e. The van der Waals surface area contributed by atoms with Crippen LogP contribution in [-0.2, 0) is 13.1 Å². The fraction of sp³-hybridized carbons (Fsp3) is 0.727. The van der Waals surface area contributed by atoms with Crippen molar-refractivity contribution in [3.05, 3.63) is 18.0 Å². The van der Waals surface area contributed by atoms with E-state index in [2.05, 4.69) is 35.4 Å². The predicted octanol–water partition coefficient (Wildman–Crippen LogP) is 0.697. The van der Waals surface area contributed by atoms with Crippen molar-refractivity contribution in [2.45, 2.75) is 33.0 Å². The van der Waals surface area contributed by atoms with Gasteiger partial charge >= 0.3 is 0 Å². The lowest BCUT2D eigenvalue weighted by Crippen LogP contribution is -2.56. The Hall–Kier alpha value is -0.870. The van der Waals surface area contributed by atoms with E-state index in [-0.39, 0.29) is 0 Å². The second kappa shape index (κ2) is 4.77. The Morgan fingerprint density at radius 1 is 1.53 bits per heavy atom. The molecule has 0 aliphatic carbocycles. The van der Waals surface area contributed by atoms with Crippen LogP contribution >= 0.6 is 0 Å². The van der Waals surface area contributed by atoms with Crippen LogP contribution in [0.4, 0.5) is 0 Å². The van der Waals surface area contributed by atoms with E-state index in [1.54, 1.807) is 0 Å². The van der Waals surface area contributed by atoms with Gasteiger partial charge in [-0.05, 0) is 13.5 Å². The van der Waals surface area contributed by atoms with Crippen molar-refractivity contribution in [3.8, 4) is 0 Å². The van der Waals surface area contributed by atoms with E-state index in [0.717, 1.165) is 38.8 Å². The lowest BCUT2D eigenvalue weighted by molar-refractivity contribution is 0.145. The molecule has 1 N–H and O–H groups in total. The molecule has 2 rings (SSSR count). The van der Waals surface area contributed by atoms with Crippen LogP contribution in [-0.4, -0.2) is 40.4 Å². The Balaban J connectivity index is 1.93. The largest absolute Gasteiger partial charge is 0.314 e. The normalized spacial score (nSPS) is 17.0. The third-order valence-corrected chi connectivity index (χ3v) is 3.08. The molecule has 0 amide bonds. The highest BCUT2D eigenvalue weighted by molar-refractivity contribution is 5.04. The maximum absolute atomic E-state index is 4.30. The zero-order valence-corrected chi connectivity index (χ0v) is 9.61. The molecule has 1 fully saturated rings. The van der Waals surface area contributed by atoms with Crippen LogP contribution in [0.25, 0.3) is 0 Å². The fourth-order valence-electron chi connectivity index (χ4n) is 1.93. The molecule has 1 aromatic heterocycles. The molecule has 2 heterocycles. The van der Waals surface area contributed by atoms with Gasteiger partial charge in [0.05, 0.1) is 6.20 Å². The molecule has 1 aliphatic heterocycles. The third kappa shape index (κ3) is 2.38. The number of nitrogens with zero attached hydrogens (tertiary/aromatic N) is 3. The maximum atomic E-state index is 4.30. The number of nitrogens with one attached hydrogen (secondary N) is 1. The molecule has 4 heteroatoms. The third-order valence-electron chi connectivity index (χ3n) is 3.08. The summed E-state index contributed by atoms with van der Waals surface area (Å²) < 4.78 is 1.99. The van der Waals surface area contributed by atoms with Gasteiger partial charge in [-0.2, -0.15) is 5.10 Å². The standard InChI is InChI=1S/C11H20N4/c1-3-14(11-6-12-7-11)8-10-5-13-15(4-2)9-10/h5,9,11-12H,3-4,6-8H2,1-2H3. The molecule has 1 aliphatic rings. The Bertz CT molecular complexity index is 303. The Labute approximate surface area is 91.3 Å². The first-order chi connectivity index (χ1) is 7.33. The lowest BCUT2D eigenvalue weighted by atomic mass is 10.1. The zero-order valence-electron chi connectivity index (χ0n) is 9.61. The van der Waals surface area contributed by atoms with Crippen molar-refractivity contribution in [1.82, 2.24) is 20.0 Å². The van der Waals surface area contributed by atoms with E-state index >= 15 is 0 Å². The van der Waals surface area contributed by atoms with Gasteiger partial charge in [-0.3, -0.25) is 9.58 Å². The average Bonchev–Trinajstić information content (AvgIpc) is 2.61. The van der Waals surface area contributed by atoms with Crippen molar-refractivity contribution >= 4 is 0 Å². The summed E-state index contributed by atoms with van der Waals surface area (Å²) in [6.07, 6.45) is 4.13. The lowest BCUT2D eigenvalue weighted by Gasteiger charge is -2.37. The predicted molar refractivity (Wildman–Crippen MR) is 60.6 cm³/mol. The van der Waals surface area contributed by atoms with E-state index in [4.69, 9.17) is 0 Å². The second-order valence-electron chi connectivity index (χ2n) is 4.08. The van der Waals surface area contributed by atoms with Crippen LogP contribution in [0.15, 0.2) is 12.4 Å². The SMILES string of the molecule is CCN(Cc1cnn(CC)c1)C1CNC1. The summed E-state index contributed by atoms with van der Waals surface area (Å²) in [4.78, 5) is 2.51. The van der Waals surface area contributed by atoms with Gasteiger partial charge in [0.25, 0.3) is 0 Å². The Kier molecular flexibility index (Phi) is 3.38. The summed E-state index contributed by atoms with van der Waals surface area (Å²) in [5, 5.41) is 7.62. The molecule has 84 valence electrons. The van der Waals surface area contributed by atoms with Crippen LogP contribution < -0.4 is 5.32 Å². The van der Waals surface area contributed by atoms with E-state index in [1.807, 2.05) is 10.9 Å². The summed E-state index contributed by atoms with van der Waals surface area (Å²) in [5.74, 6) is 0. The van der Waals surface area contributed by atoms with Gasteiger partial charge < -0.3 is 5.32 Å². The highest BCUT2D eigenvalue weighted by Crippen LogP contribution is 2.10. The van der Waals surface area contributed by atoms with Crippen molar-refractivity contribution in [1.29, 1.82) is 0 Å². The number of aryl methyl sites for hydroxylation is 1. The Morgan fingerprint density at radius 3 is 2.80 bits per heavy atom. The summed E-state index contributed by atoms with van der Waals surface area (Å²) >= 11 is 0. The number of rotatable bonds is 5. The van der Waals surface area contributed by atoms with Gasteiger partial charge in [-0.1, -0.05) is 6.92 Å². The van der Waals surface area contributed by atoms with E-state index in [1.165, 1.54) is 5.56 Å². The topological polar surface area (TPSA) is 33.1 Å². The van der Waals surface area contributed by atoms with Crippen LogP contribution in [0, 0.1) is 0 Å². The molecule has 1 aromatic rings. The van der Waals surface area contributed by atoms with Crippen LogP contribution in [0.3, 0.4) is 0 Å². The van der Waals surface area contributed by atoms with E-state index in [0.29, 0.717) is 0 Å². The minimum Gasteiger partial charge on any atom is -0.314 e. The first-order valence-corrected chi connectivity index (χ1v) is 5.79. The minimum atomic E-state index is 0.722. The van der Waals surface area contributed by atoms with Gasteiger partial charge in [0, 0.05) is 44.0 Å². The molecule has 0 bridgehead atoms. The van der Waals surface area contributed by atoms with E-state index in [9.17, 15) is 0 Å². The molecule has 0 spiro atoms. The molecular formula is C11H20N4. The monoisotopic (exact) mass is 208 g/mol. The first-order valence-electron chi connectivity index (χ1n) is 5.79. The van der Waals surface area contributed by atoms with Crippen molar-refractivity contribution in [3.63, 3.8) is 0 Å². The molecule has 4 nitrogen and oxygen atoms in total. The number of hydrogen-bond donors (Lipinski definition) is 1. The molecule has 0 radical (unpaired) electrons. The molecule has 1 saturated heterocycles. The van der Waals surface area contributed by atoms with E-state index < -0.39 is 0 Å². The van der Waals surface area contributed by atoms with Crippen molar-refractivity contribution in [2.24, 2.45) is 0 Å². The van der Waals surface area contributed by atoms with Crippen LogP contribution in [0.2, 0.25) is 0 Å². The maximum Gasteiger partial charge on any atom is 0.0534 e. The summed E-state index contributed by atoms with van der Waals surface area (Å²) in [7, 11) is 0. The zero-order chi connectivity index (χ0) is 10.7. The molecule has 0 atom stereocenters. The second-order valence-corrected chi connectivity index (χ2v) is 4.08. The summed E-state index contributed by atoms with van der Waals surface area (Å²) in [6, 6.07) is 0.722. The fourth-order valence-corrected chi connectivity index (χ4v) is 1.93. The summed E-state index contributed by atoms with van der Waals surface area (Å²) in [6.45, 7) is 9.71. The Morgan fingerprint density at radius 2 is 2.33 bits per heavy atom.